The molecule has 2 aliphatic rings. The number of benzene rings is 1. The second kappa shape index (κ2) is 4.45. The van der Waals surface area contributed by atoms with Gasteiger partial charge in [0.25, 0.3) is 0 Å². The first-order valence-electron chi connectivity index (χ1n) is 6.75. The summed E-state index contributed by atoms with van der Waals surface area (Å²) in [7, 11) is 0. The second-order valence-electron chi connectivity index (χ2n) is 6.19. The minimum absolute atomic E-state index is 0.225. The first-order chi connectivity index (χ1) is 9.80. The maximum absolute atomic E-state index is 11.5. The summed E-state index contributed by atoms with van der Waals surface area (Å²) in [5, 5.41) is 19.4. The van der Waals surface area contributed by atoms with Crippen molar-refractivity contribution in [3.8, 4) is 0 Å². The fourth-order valence-corrected chi connectivity index (χ4v) is 3.83. The Balaban J connectivity index is 1.81. The van der Waals surface area contributed by atoms with Crippen molar-refractivity contribution in [3.63, 3.8) is 0 Å². The lowest BCUT2D eigenvalue weighted by Crippen LogP contribution is -2.28. The SMILES string of the molecule is Cc1ccc(CN2C[C@@]3(C(=O)O)C[C@@]3(C(=O)O)C2)c(Cl)c1. The minimum atomic E-state index is -1.13. The van der Waals surface area contributed by atoms with E-state index >= 15 is 0 Å². The van der Waals surface area contributed by atoms with Crippen LogP contribution in [0, 0.1) is 17.8 Å². The highest BCUT2D eigenvalue weighted by Gasteiger charge is 2.80. The van der Waals surface area contributed by atoms with Gasteiger partial charge in [-0.1, -0.05) is 23.7 Å². The van der Waals surface area contributed by atoms with E-state index < -0.39 is 22.8 Å². The Morgan fingerprint density at radius 2 is 1.81 bits per heavy atom. The van der Waals surface area contributed by atoms with Crippen LogP contribution in [0.2, 0.25) is 5.02 Å². The largest absolute Gasteiger partial charge is 0.481 e. The first-order valence-corrected chi connectivity index (χ1v) is 7.13. The predicted molar refractivity (Wildman–Crippen MR) is 76.2 cm³/mol. The van der Waals surface area contributed by atoms with E-state index in [1.165, 1.54) is 0 Å². The van der Waals surface area contributed by atoms with Gasteiger partial charge >= 0.3 is 11.9 Å². The van der Waals surface area contributed by atoms with Crippen LogP contribution in [0.4, 0.5) is 0 Å². The smallest absolute Gasteiger partial charge is 0.312 e. The Hall–Kier alpha value is -1.59. The van der Waals surface area contributed by atoms with Gasteiger partial charge in [-0.25, -0.2) is 0 Å². The molecule has 0 amide bonds. The molecular weight excluding hydrogens is 294 g/mol. The third-order valence-electron chi connectivity index (χ3n) is 4.80. The zero-order valence-corrected chi connectivity index (χ0v) is 12.4. The summed E-state index contributed by atoms with van der Waals surface area (Å²) in [6.07, 6.45) is 0.225. The van der Waals surface area contributed by atoms with Gasteiger partial charge < -0.3 is 10.2 Å². The number of aryl methyl sites for hydroxylation is 1. The van der Waals surface area contributed by atoms with Crippen LogP contribution in [0.1, 0.15) is 17.5 Å². The average Bonchev–Trinajstić information content (AvgIpc) is 2.93. The van der Waals surface area contributed by atoms with Gasteiger partial charge in [0.05, 0.1) is 10.8 Å². The molecule has 1 aliphatic heterocycles. The molecule has 6 heteroatoms. The molecule has 1 heterocycles. The van der Waals surface area contributed by atoms with Crippen molar-refractivity contribution in [1.29, 1.82) is 0 Å². The maximum Gasteiger partial charge on any atom is 0.312 e. The number of halogens is 1. The van der Waals surface area contributed by atoms with Crippen LogP contribution < -0.4 is 0 Å². The summed E-state index contributed by atoms with van der Waals surface area (Å²) in [4.78, 5) is 24.8. The molecular formula is C15H16ClNO4. The number of likely N-dealkylation sites (tertiary alicyclic amines) is 1. The molecule has 0 radical (unpaired) electrons. The van der Waals surface area contributed by atoms with E-state index in [2.05, 4.69) is 0 Å². The number of carboxylic acids is 2. The van der Waals surface area contributed by atoms with Crippen molar-refractivity contribution in [2.75, 3.05) is 13.1 Å². The molecule has 1 aliphatic carbocycles. The molecule has 0 aromatic heterocycles. The van der Waals surface area contributed by atoms with Crippen molar-refractivity contribution in [2.24, 2.45) is 10.8 Å². The highest BCUT2D eigenvalue weighted by Crippen LogP contribution is 2.68. The minimum Gasteiger partial charge on any atom is -0.481 e. The third kappa shape index (κ3) is 1.95. The van der Waals surface area contributed by atoms with E-state index in [1.54, 1.807) is 0 Å². The predicted octanol–water partition coefficient (Wildman–Crippen LogP) is 2.01. The van der Waals surface area contributed by atoms with Crippen molar-refractivity contribution in [1.82, 2.24) is 4.90 Å². The number of hydrogen-bond donors (Lipinski definition) is 2. The van der Waals surface area contributed by atoms with Gasteiger partial charge in [-0.2, -0.15) is 0 Å². The monoisotopic (exact) mass is 309 g/mol. The highest BCUT2D eigenvalue weighted by atomic mass is 35.5. The van der Waals surface area contributed by atoms with Crippen molar-refractivity contribution < 1.29 is 19.8 Å². The van der Waals surface area contributed by atoms with E-state index in [9.17, 15) is 19.8 Å². The average molecular weight is 310 g/mol. The molecule has 1 aromatic rings. The first kappa shape index (κ1) is 14.4. The van der Waals surface area contributed by atoms with E-state index in [-0.39, 0.29) is 19.5 Å². The lowest BCUT2D eigenvalue weighted by Gasteiger charge is -2.20. The Bertz CT molecular complexity index is 619. The molecule has 5 nitrogen and oxygen atoms in total. The molecule has 0 spiro atoms. The molecule has 21 heavy (non-hydrogen) atoms. The fraction of sp³-hybridized carbons (Fsp3) is 0.467. The van der Waals surface area contributed by atoms with Crippen molar-refractivity contribution >= 4 is 23.5 Å². The lowest BCUT2D eigenvalue weighted by molar-refractivity contribution is -0.151. The van der Waals surface area contributed by atoms with Crippen LogP contribution in [0.5, 0.6) is 0 Å². The van der Waals surface area contributed by atoms with Crippen LogP contribution in [-0.2, 0) is 16.1 Å². The number of nitrogens with zero attached hydrogens (tertiary/aromatic N) is 1. The van der Waals surface area contributed by atoms with Gasteiger partial charge in [0.1, 0.15) is 0 Å². The molecule has 1 saturated heterocycles. The summed E-state index contributed by atoms with van der Waals surface area (Å²) in [6.45, 7) is 2.94. The standard InChI is InChI=1S/C15H16ClNO4/c1-9-2-3-10(11(16)4-9)5-17-7-14(12(18)19)6-15(14,8-17)13(20)21/h2-4H,5-8H2,1H3,(H,18,19)(H,20,21)/t14-,15+. The van der Waals surface area contributed by atoms with E-state index in [0.29, 0.717) is 11.6 Å². The van der Waals surface area contributed by atoms with Gasteiger partial charge in [0, 0.05) is 24.7 Å². The third-order valence-corrected chi connectivity index (χ3v) is 5.15. The number of aliphatic carboxylic acids is 2. The molecule has 3 rings (SSSR count). The van der Waals surface area contributed by atoms with Crippen LogP contribution in [0.25, 0.3) is 0 Å². The van der Waals surface area contributed by atoms with Crippen molar-refractivity contribution in [3.05, 3.63) is 34.3 Å². The van der Waals surface area contributed by atoms with Gasteiger partial charge in [-0.15, -0.1) is 0 Å². The highest BCUT2D eigenvalue weighted by molar-refractivity contribution is 6.31. The topological polar surface area (TPSA) is 77.8 Å². The van der Waals surface area contributed by atoms with E-state index in [4.69, 9.17) is 11.6 Å². The number of carboxylic acid groups (broad SMARTS) is 2. The molecule has 2 N–H and O–H groups in total. The zero-order chi connectivity index (χ0) is 15.4. The van der Waals surface area contributed by atoms with Crippen LogP contribution in [0.3, 0.4) is 0 Å². The molecule has 2 atom stereocenters. The van der Waals surface area contributed by atoms with Crippen LogP contribution in [-0.4, -0.2) is 40.1 Å². The number of carbonyl (C=O) groups is 2. The molecule has 112 valence electrons. The fourth-order valence-electron chi connectivity index (χ4n) is 3.53. The Morgan fingerprint density at radius 1 is 1.24 bits per heavy atom. The quantitative estimate of drug-likeness (QED) is 0.889. The lowest BCUT2D eigenvalue weighted by atomic mass is 9.97. The molecule has 2 fully saturated rings. The molecule has 0 bridgehead atoms. The number of piperidine rings is 1. The van der Waals surface area contributed by atoms with Gasteiger partial charge in [-0.05, 0) is 30.5 Å². The molecule has 0 unspecified atom stereocenters. The Kier molecular flexibility index (Phi) is 3.04. The maximum atomic E-state index is 11.5. The van der Waals surface area contributed by atoms with E-state index in [1.807, 2.05) is 30.0 Å². The van der Waals surface area contributed by atoms with Gasteiger partial charge in [0.2, 0.25) is 0 Å². The summed E-state index contributed by atoms with van der Waals surface area (Å²) in [6, 6.07) is 5.70. The van der Waals surface area contributed by atoms with E-state index in [0.717, 1.165) is 11.1 Å². The number of fused-ring (bicyclic) bond motifs is 1. The summed E-state index contributed by atoms with van der Waals surface area (Å²) >= 11 is 6.19. The van der Waals surface area contributed by atoms with Crippen LogP contribution in [0.15, 0.2) is 18.2 Å². The Labute approximate surface area is 127 Å². The van der Waals surface area contributed by atoms with Crippen molar-refractivity contribution in [2.45, 2.75) is 19.9 Å². The van der Waals surface area contributed by atoms with Gasteiger partial charge in [-0.3, -0.25) is 14.5 Å². The normalized spacial score (nSPS) is 31.0. The summed E-state index contributed by atoms with van der Waals surface area (Å²) < 4.78 is 0. The number of hydrogen-bond acceptors (Lipinski definition) is 3. The number of rotatable bonds is 4. The summed E-state index contributed by atoms with van der Waals surface area (Å²) in [5.41, 5.74) is -0.312. The Morgan fingerprint density at radius 3 is 2.29 bits per heavy atom. The second-order valence-corrected chi connectivity index (χ2v) is 6.60. The molecule has 1 saturated carbocycles. The van der Waals surface area contributed by atoms with Crippen LogP contribution >= 0.6 is 11.6 Å². The zero-order valence-electron chi connectivity index (χ0n) is 11.6. The summed E-state index contributed by atoms with van der Waals surface area (Å²) in [5.74, 6) is -2.02. The van der Waals surface area contributed by atoms with Gasteiger partial charge in [0.15, 0.2) is 0 Å². The molecule has 1 aromatic carbocycles.